The highest BCUT2D eigenvalue weighted by Gasteiger charge is 2.57. The second-order valence-electron chi connectivity index (χ2n) is 15.7. The molecule has 0 saturated carbocycles. The number of hydrogen-bond donors (Lipinski definition) is 0. The second kappa shape index (κ2) is 21.2. The van der Waals surface area contributed by atoms with Gasteiger partial charge in [0.1, 0.15) is 0 Å². The molecule has 4 aromatic rings. The van der Waals surface area contributed by atoms with Crippen molar-refractivity contribution in [2.75, 3.05) is 56.9 Å². The van der Waals surface area contributed by atoms with Crippen LogP contribution in [0.25, 0.3) is 0 Å². The third kappa shape index (κ3) is 9.67. The summed E-state index contributed by atoms with van der Waals surface area (Å²) in [5, 5.41) is 4.52. The van der Waals surface area contributed by atoms with Crippen LogP contribution in [0.15, 0.2) is 121 Å². The van der Waals surface area contributed by atoms with E-state index in [2.05, 4.69) is 149 Å². The molecule has 0 amide bonds. The van der Waals surface area contributed by atoms with Gasteiger partial charge in [0, 0.05) is 79.0 Å². The quantitative estimate of drug-likeness (QED) is 0.0669. The van der Waals surface area contributed by atoms with Crippen molar-refractivity contribution in [3.05, 3.63) is 121 Å². The summed E-state index contributed by atoms with van der Waals surface area (Å²) in [4.78, 5) is 0. The first-order chi connectivity index (χ1) is 27.4. The first-order valence-electron chi connectivity index (χ1n) is 20.1. The highest BCUT2D eigenvalue weighted by Crippen LogP contribution is 2.50. The normalized spacial score (nSPS) is 16.1. The highest BCUT2D eigenvalue weighted by molar-refractivity contribution is 6.92. The summed E-state index contributed by atoms with van der Waals surface area (Å²) >= 11 is 0. The molecule has 0 saturated heterocycles. The Kier molecular flexibility index (Phi) is 17.6. The van der Waals surface area contributed by atoms with Crippen molar-refractivity contribution in [1.29, 1.82) is 0 Å². The van der Waals surface area contributed by atoms with E-state index in [1.165, 1.54) is 0 Å². The van der Waals surface area contributed by atoms with Crippen LogP contribution >= 0.6 is 0 Å². The fourth-order valence-electron chi connectivity index (χ4n) is 10.3. The summed E-state index contributed by atoms with van der Waals surface area (Å²) in [6, 6.07) is 46.0. The lowest BCUT2D eigenvalue weighted by molar-refractivity contribution is 0.245. The number of rotatable bonds is 24. The van der Waals surface area contributed by atoms with E-state index in [0.717, 1.165) is 44.9 Å². The maximum atomic E-state index is 6.65. The predicted octanol–water partition coefficient (Wildman–Crippen LogP) is 7.56. The van der Waals surface area contributed by atoms with Gasteiger partial charge >= 0.3 is 34.2 Å². The molecular weight excluding hydrogens is 797 g/mol. The van der Waals surface area contributed by atoms with Crippen molar-refractivity contribution in [3.63, 3.8) is 0 Å². The minimum atomic E-state index is -2.98. The van der Waals surface area contributed by atoms with Crippen LogP contribution in [-0.4, -0.2) is 99.2 Å². The zero-order valence-corrected chi connectivity index (χ0v) is 41.5. The van der Waals surface area contributed by atoms with Gasteiger partial charge in [0.2, 0.25) is 0 Å². The molecule has 0 aliphatic rings. The van der Waals surface area contributed by atoms with Crippen LogP contribution in [0.2, 0.25) is 46.3 Å². The highest BCUT2D eigenvalue weighted by atomic mass is 28.4. The lowest BCUT2D eigenvalue weighted by Gasteiger charge is -2.48. The van der Waals surface area contributed by atoms with E-state index in [4.69, 9.17) is 35.4 Å². The van der Waals surface area contributed by atoms with E-state index in [9.17, 15) is 0 Å². The molecular formula is C44H68O8Si5. The molecule has 4 aromatic carbocycles. The lowest BCUT2D eigenvalue weighted by Crippen LogP contribution is -2.62. The minimum Gasteiger partial charge on any atom is -0.394 e. The fraction of sp³-hybridized carbons (Fsp3) is 0.455. The van der Waals surface area contributed by atoms with Gasteiger partial charge in [-0.2, -0.15) is 0 Å². The van der Waals surface area contributed by atoms with Crippen molar-refractivity contribution in [3.8, 4) is 0 Å². The van der Waals surface area contributed by atoms with Gasteiger partial charge in [-0.15, -0.1) is 0 Å². The van der Waals surface area contributed by atoms with Crippen LogP contribution in [-0.2, 0) is 35.4 Å². The van der Waals surface area contributed by atoms with Gasteiger partial charge in [-0.05, 0) is 20.7 Å². The van der Waals surface area contributed by atoms with E-state index in [1.54, 1.807) is 0 Å². The molecule has 4 atom stereocenters. The molecule has 312 valence electrons. The molecule has 8 nitrogen and oxygen atoms in total. The summed E-state index contributed by atoms with van der Waals surface area (Å²) in [5.41, 5.74) is 0.340. The largest absolute Gasteiger partial charge is 0.394 e. The molecule has 0 aromatic heterocycles. The maximum absolute atomic E-state index is 6.65. The predicted molar refractivity (Wildman–Crippen MR) is 246 cm³/mol. The Morgan fingerprint density at radius 3 is 0.596 bits per heavy atom. The third-order valence-electron chi connectivity index (χ3n) is 12.7. The Hall–Kier alpha value is -2.36. The van der Waals surface area contributed by atoms with Gasteiger partial charge < -0.3 is 35.4 Å². The second-order valence-corrected chi connectivity index (χ2v) is 35.2. The Labute approximate surface area is 349 Å². The summed E-state index contributed by atoms with van der Waals surface area (Å²) < 4.78 is 53.2. The molecule has 0 spiro atoms. The van der Waals surface area contributed by atoms with Crippen molar-refractivity contribution in [1.82, 2.24) is 0 Å². The molecule has 0 fully saturated rings. The first-order valence-corrected chi connectivity index (χ1v) is 30.5. The van der Waals surface area contributed by atoms with Gasteiger partial charge in [-0.1, -0.05) is 173 Å². The molecule has 13 heteroatoms. The SMILES string of the molecule is CO[Si](OC)(c1ccccc1)C(C)C[Si](CC(C)[Si](OC)(OC)c1ccccc1)(CC(C)[Si](OC)(OC)c1ccccc1)CC(C)[Si](OC)(OC)c1ccccc1. The van der Waals surface area contributed by atoms with E-state index >= 15 is 0 Å². The summed E-state index contributed by atoms with van der Waals surface area (Å²) in [6.07, 6.45) is 0. The zero-order chi connectivity index (χ0) is 41.7. The van der Waals surface area contributed by atoms with Crippen LogP contribution < -0.4 is 20.7 Å². The first kappa shape index (κ1) is 47.3. The third-order valence-corrected chi connectivity index (χ3v) is 35.6. The van der Waals surface area contributed by atoms with Crippen molar-refractivity contribution < 1.29 is 35.4 Å². The molecule has 4 rings (SSSR count). The van der Waals surface area contributed by atoms with E-state index in [-0.39, 0.29) is 22.2 Å². The Morgan fingerprint density at radius 1 is 0.298 bits per heavy atom. The van der Waals surface area contributed by atoms with Crippen LogP contribution in [0.1, 0.15) is 27.7 Å². The molecule has 4 unspecified atom stereocenters. The monoisotopic (exact) mass is 864 g/mol. The molecule has 0 aliphatic heterocycles. The van der Waals surface area contributed by atoms with Crippen molar-refractivity contribution >= 4 is 63.1 Å². The lowest BCUT2D eigenvalue weighted by atomic mass is 10.4. The Morgan fingerprint density at radius 2 is 0.456 bits per heavy atom. The standard InChI is InChI=1S/C44H68O8Si5/c1-37(54(45-5,46-6)41-25-17-13-18-26-41)33-53(34-38(2)55(47-7,48-8)42-27-19-14-20-28-42,35-39(3)56(49-9,50-10)43-29-21-15-22-30-43)36-40(4)57(51-11,52-12)44-31-23-16-24-32-44/h13-32,37-40H,33-36H2,1-12H3. The molecule has 0 N–H and O–H groups in total. The van der Waals surface area contributed by atoms with E-state index in [0.29, 0.717) is 0 Å². The van der Waals surface area contributed by atoms with Crippen LogP contribution in [0.3, 0.4) is 0 Å². The van der Waals surface area contributed by atoms with Gasteiger partial charge in [-0.25, -0.2) is 0 Å². The molecule has 57 heavy (non-hydrogen) atoms. The van der Waals surface area contributed by atoms with Gasteiger partial charge in [0.05, 0.1) is 8.07 Å². The van der Waals surface area contributed by atoms with Gasteiger partial charge in [-0.3, -0.25) is 0 Å². The number of hydrogen-bond acceptors (Lipinski definition) is 8. The smallest absolute Gasteiger partial charge is 0.374 e. The molecule has 0 aliphatic carbocycles. The Bertz CT molecular complexity index is 1470. The summed E-state index contributed by atoms with van der Waals surface area (Å²) in [5.74, 6) is 0. The molecule has 0 bridgehead atoms. The van der Waals surface area contributed by atoms with Crippen LogP contribution in [0.4, 0.5) is 0 Å². The van der Waals surface area contributed by atoms with Gasteiger partial charge in [0.15, 0.2) is 0 Å². The average Bonchev–Trinajstić information content (AvgIpc) is 3.25. The van der Waals surface area contributed by atoms with Crippen LogP contribution in [0.5, 0.6) is 0 Å². The number of benzene rings is 4. The van der Waals surface area contributed by atoms with Crippen molar-refractivity contribution in [2.24, 2.45) is 0 Å². The van der Waals surface area contributed by atoms with Crippen LogP contribution in [0, 0.1) is 0 Å². The van der Waals surface area contributed by atoms with Crippen molar-refractivity contribution in [2.45, 2.75) is 74.0 Å². The summed E-state index contributed by atoms with van der Waals surface area (Å²) in [7, 11) is 0.0170. The fourth-order valence-corrected chi connectivity index (χ4v) is 36.7. The minimum absolute atomic E-state index is 0.0850. The summed E-state index contributed by atoms with van der Waals surface area (Å²) in [6.45, 7) is 9.41. The zero-order valence-electron chi connectivity index (χ0n) is 36.5. The Balaban J connectivity index is 2.03. The van der Waals surface area contributed by atoms with E-state index in [1.807, 2.05) is 56.9 Å². The average molecular weight is 865 g/mol. The van der Waals surface area contributed by atoms with E-state index < -0.39 is 42.3 Å². The molecule has 0 radical (unpaired) electrons. The maximum Gasteiger partial charge on any atom is 0.374 e. The molecule has 0 heterocycles. The topological polar surface area (TPSA) is 73.8 Å². The van der Waals surface area contributed by atoms with Gasteiger partial charge in [0.25, 0.3) is 0 Å².